The van der Waals surface area contributed by atoms with Gasteiger partial charge in [0.15, 0.2) is 0 Å². The molecule has 0 aliphatic heterocycles. The number of terminal acetylenes is 1. The zero-order valence-corrected chi connectivity index (χ0v) is 6.82. The Bertz CT molecular complexity index is 143. The van der Waals surface area contributed by atoms with E-state index >= 15 is 0 Å². The molecule has 1 unspecified atom stereocenters. The van der Waals surface area contributed by atoms with Crippen molar-refractivity contribution in [3.05, 3.63) is 0 Å². The summed E-state index contributed by atoms with van der Waals surface area (Å²) in [6.07, 6.45) is 5.00. The van der Waals surface area contributed by atoms with Crippen LogP contribution in [0.2, 0.25) is 0 Å². The van der Waals surface area contributed by atoms with Gasteiger partial charge in [0.2, 0.25) is 0 Å². The lowest BCUT2D eigenvalue weighted by atomic mass is 10.1. The molecule has 0 radical (unpaired) electrons. The Hall–Kier alpha value is -0.620. The van der Waals surface area contributed by atoms with Crippen LogP contribution in [0.4, 0.5) is 8.78 Å². The normalized spacial score (nSPS) is 14.1. The van der Waals surface area contributed by atoms with Crippen LogP contribution in [-0.4, -0.2) is 18.5 Å². The van der Waals surface area contributed by atoms with Crippen molar-refractivity contribution in [2.45, 2.75) is 32.2 Å². The standard InChI is InChI=1S/C8H13F2N/c1-4-6-7(11-5-2)8(3,9)10/h1,7,11H,5-6H2,2-3H3. The summed E-state index contributed by atoms with van der Waals surface area (Å²) in [5.41, 5.74) is 0. The van der Waals surface area contributed by atoms with Crippen molar-refractivity contribution in [2.75, 3.05) is 6.54 Å². The van der Waals surface area contributed by atoms with Gasteiger partial charge in [-0.2, -0.15) is 0 Å². The van der Waals surface area contributed by atoms with E-state index in [1.165, 1.54) is 0 Å². The third kappa shape index (κ3) is 3.94. The molecule has 64 valence electrons. The first-order valence-electron chi connectivity index (χ1n) is 3.57. The maximum absolute atomic E-state index is 12.6. The minimum absolute atomic E-state index is 0.0668. The molecule has 0 aromatic heterocycles. The number of hydrogen-bond acceptors (Lipinski definition) is 1. The van der Waals surface area contributed by atoms with Gasteiger partial charge >= 0.3 is 0 Å². The van der Waals surface area contributed by atoms with Crippen molar-refractivity contribution in [1.29, 1.82) is 0 Å². The molecule has 0 saturated carbocycles. The Morgan fingerprint density at radius 1 is 1.64 bits per heavy atom. The molecule has 0 heterocycles. The minimum Gasteiger partial charge on any atom is -0.308 e. The van der Waals surface area contributed by atoms with E-state index in [-0.39, 0.29) is 6.42 Å². The van der Waals surface area contributed by atoms with Crippen LogP contribution < -0.4 is 5.32 Å². The van der Waals surface area contributed by atoms with Crippen LogP contribution in [0, 0.1) is 12.3 Å². The van der Waals surface area contributed by atoms with Crippen molar-refractivity contribution in [3.63, 3.8) is 0 Å². The van der Waals surface area contributed by atoms with E-state index in [1.54, 1.807) is 6.92 Å². The molecule has 0 amide bonds. The highest BCUT2D eigenvalue weighted by Crippen LogP contribution is 2.19. The maximum atomic E-state index is 12.6. The number of rotatable bonds is 4. The smallest absolute Gasteiger partial charge is 0.261 e. The highest BCUT2D eigenvalue weighted by molar-refractivity contribution is 4.94. The van der Waals surface area contributed by atoms with Crippen LogP contribution in [0.25, 0.3) is 0 Å². The molecule has 0 spiro atoms. The molecule has 11 heavy (non-hydrogen) atoms. The summed E-state index contributed by atoms with van der Waals surface area (Å²) >= 11 is 0. The van der Waals surface area contributed by atoms with Crippen LogP contribution in [-0.2, 0) is 0 Å². The van der Waals surface area contributed by atoms with Crippen molar-refractivity contribution in [2.24, 2.45) is 0 Å². The Balaban J connectivity index is 4.01. The van der Waals surface area contributed by atoms with Gasteiger partial charge in [-0.15, -0.1) is 12.3 Å². The summed E-state index contributed by atoms with van der Waals surface area (Å²) in [6.45, 7) is 3.16. The second-order valence-electron chi connectivity index (χ2n) is 2.47. The lowest BCUT2D eigenvalue weighted by molar-refractivity contribution is -0.0160. The Kier molecular flexibility index (Phi) is 4.06. The molecule has 0 aliphatic carbocycles. The van der Waals surface area contributed by atoms with Gasteiger partial charge < -0.3 is 5.32 Å². The summed E-state index contributed by atoms with van der Waals surface area (Å²) in [7, 11) is 0. The molecule has 3 heteroatoms. The van der Waals surface area contributed by atoms with Crippen molar-refractivity contribution < 1.29 is 8.78 Å². The molecular weight excluding hydrogens is 148 g/mol. The monoisotopic (exact) mass is 161 g/mol. The van der Waals surface area contributed by atoms with Gasteiger partial charge in [-0.3, -0.25) is 0 Å². The summed E-state index contributed by atoms with van der Waals surface area (Å²) in [4.78, 5) is 0. The zero-order chi connectivity index (χ0) is 8.91. The quantitative estimate of drug-likeness (QED) is 0.618. The minimum atomic E-state index is -2.73. The lowest BCUT2D eigenvalue weighted by Gasteiger charge is -2.21. The number of hydrogen-bond donors (Lipinski definition) is 1. The highest BCUT2D eigenvalue weighted by Gasteiger charge is 2.32. The molecule has 0 saturated heterocycles. The van der Waals surface area contributed by atoms with Gasteiger partial charge in [-0.25, -0.2) is 8.78 Å². The van der Waals surface area contributed by atoms with Crippen molar-refractivity contribution >= 4 is 0 Å². The molecule has 1 N–H and O–H groups in total. The van der Waals surface area contributed by atoms with Gasteiger partial charge in [-0.05, 0) is 6.54 Å². The highest BCUT2D eigenvalue weighted by atomic mass is 19.3. The predicted molar refractivity (Wildman–Crippen MR) is 41.5 cm³/mol. The fourth-order valence-electron chi connectivity index (χ4n) is 0.795. The first kappa shape index (κ1) is 10.4. The largest absolute Gasteiger partial charge is 0.308 e. The predicted octanol–water partition coefficient (Wildman–Crippen LogP) is 1.64. The second kappa shape index (κ2) is 4.30. The fourth-order valence-corrected chi connectivity index (χ4v) is 0.795. The lowest BCUT2D eigenvalue weighted by Crippen LogP contribution is -2.42. The average Bonchev–Trinajstić information content (AvgIpc) is 1.85. The van der Waals surface area contributed by atoms with Crippen LogP contribution in [0.1, 0.15) is 20.3 Å². The summed E-state index contributed by atoms with van der Waals surface area (Å²) in [5, 5.41) is 2.63. The Morgan fingerprint density at radius 3 is 2.45 bits per heavy atom. The van der Waals surface area contributed by atoms with E-state index in [2.05, 4.69) is 11.2 Å². The van der Waals surface area contributed by atoms with Gasteiger partial charge in [0.1, 0.15) is 0 Å². The second-order valence-corrected chi connectivity index (χ2v) is 2.47. The van der Waals surface area contributed by atoms with Crippen LogP contribution in [0.3, 0.4) is 0 Å². The van der Waals surface area contributed by atoms with Gasteiger partial charge in [0.05, 0.1) is 6.04 Å². The fraction of sp³-hybridized carbons (Fsp3) is 0.750. The maximum Gasteiger partial charge on any atom is 0.261 e. The Morgan fingerprint density at radius 2 is 2.18 bits per heavy atom. The molecule has 1 nitrogen and oxygen atoms in total. The van der Waals surface area contributed by atoms with E-state index in [0.29, 0.717) is 6.54 Å². The Labute approximate surface area is 66.2 Å². The first-order valence-corrected chi connectivity index (χ1v) is 3.57. The van der Waals surface area contributed by atoms with Crippen LogP contribution >= 0.6 is 0 Å². The molecule has 1 atom stereocenters. The molecule has 0 aromatic rings. The van der Waals surface area contributed by atoms with E-state index in [1.807, 2.05) is 0 Å². The van der Waals surface area contributed by atoms with E-state index in [9.17, 15) is 8.78 Å². The summed E-state index contributed by atoms with van der Waals surface area (Å²) in [5.74, 6) is -0.517. The number of halogens is 2. The molecule has 0 aliphatic rings. The van der Waals surface area contributed by atoms with Crippen molar-refractivity contribution in [1.82, 2.24) is 5.32 Å². The third-order valence-electron chi connectivity index (χ3n) is 1.38. The van der Waals surface area contributed by atoms with Gasteiger partial charge in [-0.1, -0.05) is 6.92 Å². The van der Waals surface area contributed by atoms with Gasteiger partial charge in [0, 0.05) is 13.3 Å². The molecule has 0 fully saturated rings. The average molecular weight is 161 g/mol. The zero-order valence-electron chi connectivity index (χ0n) is 6.82. The molecule has 0 bridgehead atoms. The first-order chi connectivity index (χ1) is 5.02. The van der Waals surface area contributed by atoms with Crippen molar-refractivity contribution in [3.8, 4) is 12.3 Å². The SMILES string of the molecule is C#CCC(NCC)C(C)(F)F. The van der Waals surface area contributed by atoms with E-state index in [4.69, 9.17) is 6.42 Å². The van der Waals surface area contributed by atoms with E-state index < -0.39 is 12.0 Å². The van der Waals surface area contributed by atoms with E-state index in [0.717, 1.165) is 6.92 Å². The third-order valence-corrected chi connectivity index (χ3v) is 1.38. The molecule has 0 rings (SSSR count). The summed E-state index contributed by atoms with van der Waals surface area (Å²) < 4.78 is 25.2. The van der Waals surface area contributed by atoms with Gasteiger partial charge in [0.25, 0.3) is 5.92 Å². The van der Waals surface area contributed by atoms with Crippen LogP contribution in [0.15, 0.2) is 0 Å². The number of alkyl halides is 2. The molecule has 0 aromatic carbocycles. The summed E-state index contributed by atoms with van der Waals surface area (Å²) in [6, 6.07) is -0.891. The molecular formula is C8H13F2N. The van der Waals surface area contributed by atoms with Crippen LogP contribution in [0.5, 0.6) is 0 Å². The number of nitrogens with one attached hydrogen (secondary N) is 1. The topological polar surface area (TPSA) is 12.0 Å².